The van der Waals surface area contributed by atoms with Crippen molar-refractivity contribution in [1.29, 1.82) is 0 Å². The van der Waals surface area contributed by atoms with Crippen molar-refractivity contribution in [3.05, 3.63) is 42.5 Å². The number of methoxy groups -OCH3 is 1. The van der Waals surface area contributed by atoms with Crippen LogP contribution in [0.5, 0.6) is 0 Å². The molecule has 1 aliphatic heterocycles. The van der Waals surface area contributed by atoms with Gasteiger partial charge in [0.2, 0.25) is 0 Å². The van der Waals surface area contributed by atoms with E-state index < -0.39 is 18.4 Å². The molecule has 1 unspecified atom stereocenters. The fourth-order valence-corrected chi connectivity index (χ4v) is 0.682. The number of aliphatic hydroxyl groups excluding tert-OH is 1. The Hall–Kier alpha value is 0.597. The minimum Gasteiger partial charge on any atom is -0.599 e. The zero-order chi connectivity index (χ0) is 7.56. The number of hydrogen-bond donors (Lipinski definition) is 1. The van der Waals surface area contributed by atoms with Crippen molar-refractivity contribution in [2.45, 2.75) is 12.5 Å². The van der Waals surface area contributed by atoms with E-state index in [1.165, 1.54) is 7.11 Å². The molecule has 0 spiro atoms. The maximum Gasteiger partial charge on any atom is 3.00 e. The number of rotatable bonds is 1. The predicted octanol–water partition coefficient (Wildman–Crippen LogP) is 1.45. The van der Waals surface area contributed by atoms with Crippen LogP contribution in [-0.2, 0) is 53.2 Å². The molecule has 0 aromatic rings. The zero-order valence-electron chi connectivity index (χ0n) is 11.1. The van der Waals surface area contributed by atoms with Gasteiger partial charge in [-0.15, -0.1) is 0 Å². The summed E-state index contributed by atoms with van der Waals surface area (Å²) in [6.45, 7) is 0.105. The second-order valence-corrected chi connectivity index (χ2v) is 1.85. The minimum absolute atomic E-state index is 0. The van der Waals surface area contributed by atoms with Crippen LogP contribution >= 0.6 is 0 Å². The molecule has 0 aromatic heterocycles. The quantitative estimate of drug-likeness (QED) is 0.391. The van der Waals surface area contributed by atoms with E-state index in [4.69, 9.17) is 5.11 Å². The summed E-state index contributed by atoms with van der Waals surface area (Å²) in [4.78, 5) is 10.7. The number of esters is 1. The molecule has 0 saturated carbocycles. The van der Waals surface area contributed by atoms with E-state index in [1.54, 1.807) is 0 Å². The van der Waals surface area contributed by atoms with Crippen molar-refractivity contribution in [2.24, 2.45) is 0 Å². The average Bonchev–Trinajstić information content (AvgIpc) is 2.34. The smallest absolute Gasteiger partial charge is 0.599 e. The van der Waals surface area contributed by atoms with Crippen LogP contribution < -0.4 is 0 Å². The van der Waals surface area contributed by atoms with Crippen molar-refractivity contribution in [2.75, 3.05) is 13.7 Å². The van der Waals surface area contributed by atoms with Gasteiger partial charge in [0.15, 0.2) is 0 Å². The van der Waals surface area contributed by atoms with Gasteiger partial charge in [-0.3, -0.25) is 4.79 Å². The second kappa shape index (κ2) is 21.8. The zero-order valence-corrected chi connectivity index (χ0v) is 14.4. The Morgan fingerprint density at radius 1 is 1.24 bits per heavy atom. The van der Waals surface area contributed by atoms with Crippen molar-refractivity contribution >= 4 is 5.97 Å². The Morgan fingerprint density at radius 3 is 1.88 bits per heavy atom. The van der Waals surface area contributed by atoms with Gasteiger partial charge in [0.25, 0.3) is 5.97 Å². The van der Waals surface area contributed by atoms with E-state index >= 15 is 0 Å². The molecule has 5 nitrogen and oxygen atoms in total. The van der Waals surface area contributed by atoms with E-state index in [1.807, 2.05) is 0 Å². The van der Waals surface area contributed by atoms with Crippen LogP contribution in [0.4, 0.5) is 0 Å². The standard InChI is InChI=1S/C5H8NO4.5CH3.2Rh/c1-9-4(7)3-2-10-5(8)6-3;;;;;;;/h3,5,8H,2H2,1H3;5*1H3;;/q6*-1;2*+3/t3-,5?;;;;;;;/m0......./s1. The molecule has 0 radical (unpaired) electrons. The first-order chi connectivity index (χ1) is 4.74. The molecular formula is C10H23NO4Rh2. The number of ether oxygens (including phenoxy) is 2. The Morgan fingerprint density at radius 2 is 1.65 bits per heavy atom. The van der Waals surface area contributed by atoms with Crippen LogP contribution in [0.15, 0.2) is 0 Å². The Kier molecular flexibility index (Phi) is 55.5. The first-order valence-electron chi connectivity index (χ1n) is 2.81. The molecule has 0 bridgehead atoms. The number of nitrogens with zero attached hydrogens (tertiary/aromatic N) is 1. The van der Waals surface area contributed by atoms with Crippen LogP contribution in [0.3, 0.4) is 0 Å². The molecule has 17 heavy (non-hydrogen) atoms. The molecule has 110 valence electrons. The third-order valence-corrected chi connectivity index (χ3v) is 1.18. The van der Waals surface area contributed by atoms with Crippen molar-refractivity contribution in [3.8, 4) is 0 Å². The van der Waals surface area contributed by atoms with Gasteiger partial charge >= 0.3 is 39.0 Å². The van der Waals surface area contributed by atoms with E-state index in [2.05, 4.69) is 14.8 Å². The molecule has 7 heteroatoms. The number of carbonyl (C=O) groups excluding carboxylic acids is 1. The Bertz CT molecular complexity index is 150. The van der Waals surface area contributed by atoms with Gasteiger partial charge in [-0.25, -0.2) is 0 Å². The van der Waals surface area contributed by atoms with Crippen molar-refractivity contribution in [3.63, 3.8) is 0 Å². The fourth-order valence-electron chi connectivity index (χ4n) is 0.682. The van der Waals surface area contributed by atoms with Crippen LogP contribution in [0.1, 0.15) is 0 Å². The van der Waals surface area contributed by atoms with Gasteiger partial charge in [0.1, 0.15) is 0 Å². The monoisotopic (exact) mass is 427 g/mol. The first kappa shape index (κ1) is 43.2. The summed E-state index contributed by atoms with van der Waals surface area (Å²) >= 11 is 0. The normalized spacial score (nSPS) is 18.9. The van der Waals surface area contributed by atoms with E-state index in [-0.39, 0.29) is 82.7 Å². The van der Waals surface area contributed by atoms with Gasteiger partial charge in [0, 0.05) is 6.61 Å². The SMILES string of the molecule is COC(=O)[C@@H]1COC(O)[N-]1.[CH3-].[CH3-].[CH3-].[CH3-].[CH3-].[Rh+3].[Rh+3]. The Balaban J connectivity index is -0.0000000286. The molecule has 1 rings (SSSR count). The largest absolute Gasteiger partial charge is 3.00 e. The molecule has 1 aliphatic rings. The van der Waals surface area contributed by atoms with Gasteiger partial charge in [-0.1, -0.05) is 0 Å². The molecule has 1 saturated heterocycles. The van der Waals surface area contributed by atoms with Gasteiger partial charge < -0.3 is 57.0 Å². The van der Waals surface area contributed by atoms with Crippen molar-refractivity contribution in [1.82, 2.24) is 0 Å². The fraction of sp³-hybridized carbons (Fsp3) is 0.400. The van der Waals surface area contributed by atoms with E-state index in [0.29, 0.717) is 0 Å². The summed E-state index contributed by atoms with van der Waals surface area (Å²) in [6.07, 6.45) is -1.16. The molecule has 2 atom stereocenters. The number of hydrogen-bond acceptors (Lipinski definition) is 4. The van der Waals surface area contributed by atoms with E-state index in [9.17, 15) is 4.79 Å². The maximum atomic E-state index is 10.7. The molecule has 0 aromatic carbocycles. The Labute approximate surface area is 133 Å². The molecule has 0 amide bonds. The molecule has 1 fully saturated rings. The summed E-state index contributed by atoms with van der Waals surface area (Å²) in [5.74, 6) is -0.475. The summed E-state index contributed by atoms with van der Waals surface area (Å²) in [7, 11) is 1.27. The second-order valence-electron chi connectivity index (χ2n) is 1.85. The number of carbonyl (C=O) groups is 1. The van der Waals surface area contributed by atoms with Crippen LogP contribution in [0, 0.1) is 37.1 Å². The number of aliphatic hydroxyl groups is 1. The molecule has 0 aliphatic carbocycles. The molecule has 1 heterocycles. The predicted molar refractivity (Wildman–Crippen MR) is 63.2 cm³/mol. The third kappa shape index (κ3) is 14.5. The summed E-state index contributed by atoms with van der Waals surface area (Å²) in [6, 6.07) is -0.653. The molecular weight excluding hydrogens is 404 g/mol. The first-order valence-corrected chi connectivity index (χ1v) is 2.81. The van der Waals surface area contributed by atoms with Crippen LogP contribution in [0.25, 0.3) is 5.32 Å². The molecule has 1 N–H and O–H groups in total. The summed E-state index contributed by atoms with van der Waals surface area (Å²) in [5, 5.41) is 12.2. The van der Waals surface area contributed by atoms with E-state index in [0.717, 1.165) is 0 Å². The topological polar surface area (TPSA) is 69.9 Å². The minimum atomic E-state index is -1.16. The summed E-state index contributed by atoms with van der Waals surface area (Å²) < 4.78 is 8.94. The van der Waals surface area contributed by atoms with Gasteiger partial charge in [-0.2, -0.15) is 0 Å². The van der Waals surface area contributed by atoms with Crippen molar-refractivity contribution < 1.29 is 58.3 Å². The third-order valence-electron chi connectivity index (χ3n) is 1.18. The van der Waals surface area contributed by atoms with Crippen LogP contribution in [-0.4, -0.2) is 37.2 Å². The summed E-state index contributed by atoms with van der Waals surface area (Å²) in [5.41, 5.74) is 0. The van der Waals surface area contributed by atoms with Crippen LogP contribution in [0.2, 0.25) is 0 Å². The van der Waals surface area contributed by atoms with Gasteiger partial charge in [-0.05, 0) is 6.04 Å². The average molecular weight is 427 g/mol. The van der Waals surface area contributed by atoms with Gasteiger partial charge in [0.05, 0.1) is 13.5 Å². The maximum absolute atomic E-state index is 10.7.